The molecular formula is C13H12ClNOS. The average Bonchev–Trinajstić information content (AvgIpc) is 2.69. The van der Waals surface area contributed by atoms with Gasteiger partial charge < -0.3 is 5.32 Å². The first-order chi connectivity index (χ1) is 8.06. The number of benzene rings is 1. The molecule has 4 heteroatoms. The van der Waals surface area contributed by atoms with Crippen molar-refractivity contribution in [1.29, 1.82) is 0 Å². The van der Waals surface area contributed by atoms with Crippen LogP contribution in [0.1, 0.15) is 20.1 Å². The van der Waals surface area contributed by atoms with E-state index in [4.69, 9.17) is 11.6 Å². The van der Waals surface area contributed by atoms with Gasteiger partial charge in [-0.15, -0.1) is 11.3 Å². The molecule has 0 bridgehead atoms. The Morgan fingerprint density at radius 2 is 2.00 bits per heavy atom. The topological polar surface area (TPSA) is 29.1 Å². The Hall–Kier alpha value is -1.32. The Kier molecular flexibility index (Phi) is 3.50. The predicted octanol–water partition coefficient (Wildman–Crippen LogP) is 4.27. The van der Waals surface area contributed by atoms with E-state index in [1.54, 1.807) is 6.07 Å². The van der Waals surface area contributed by atoms with Gasteiger partial charge in [-0.2, -0.15) is 0 Å². The molecule has 1 aromatic carbocycles. The van der Waals surface area contributed by atoms with Crippen LogP contribution in [0, 0.1) is 13.8 Å². The third-order valence-corrected chi connectivity index (χ3v) is 3.64. The maximum Gasteiger partial charge on any atom is 0.265 e. The van der Waals surface area contributed by atoms with Gasteiger partial charge in [-0.25, -0.2) is 0 Å². The molecule has 0 spiro atoms. The van der Waals surface area contributed by atoms with Crippen molar-refractivity contribution in [3.05, 3.63) is 50.7 Å². The second-order valence-corrected chi connectivity index (χ2v) is 5.55. The lowest BCUT2D eigenvalue weighted by Gasteiger charge is -2.07. The van der Waals surface area contributed by atoms with Gasteiger partial charge in [-0.1, -0.05) is 11.6 Å². The van der Waals surface area contributed by atoms with Gasteiger partial charge in [0.15, 0.2) is 0 Å². The monoisotopic (exact) mass is 265 g/mol. The van der Waals surface area contributed by atoms with Gasteiger partial charge in [-0.3, -0.25) is 4.79 Å². The van der Waals surface area contributed by atoms with Crippen LogP contribution in [0.15, 0.2) is 30.3 Å². The molecule has 88 valence electrons. The van der Waals surface area contributed by atoms with E-state index < -0.39 is 0 Å². The normalized spacial score (nSPS) is 10.3. The van der Waals surface area contributed by atoms with Crippen LogP contribution in [0.4, 0.5) is 5.69 Å². The molecule has 2 rings (SSSR count). The maximum absolute atomic E-state index is 11.9. The summed E-state index contributed by atoms with van der Waals surface area (Å²) in [7, 11) is 0. The number of anilines is 1. The Morgan fingerprint density at radius 1 is 1.24 bits per heavy atom. The number of halogens is 1. The summed E-state index contributed by atoms with van der Waals surface area (Å²) in [4.78, 5) is 13.8. The van der Waals surface area contributed by atoms with E-state index in [9.17, 15) is 4.79 Å². The van der Waals surface area contributed by atoms with Gasteiger partial charge in [0.1, 0.15) is 0 Å². The highest BCUT2D eigenvalue weighted by molar-refractivity contribution is 7.14. The molecule has 2 nitrogen and oxygen atoms in total. The minimum Gasteiger partial charge on any atom is -0.321 e. The minimum absolute atomic E-state index is 0.0754. The highest BCUT2D eigenvalue weighted by atomic mass is 35.5. The standard InChI is InChI=1S/C13H12ClNOS/c1-8-7-10(14)4-5-11(8)15-13(16)12-6-3-9(2)17-12/h3-7H,1-2H3,(H,15,16). The zero-order valence-electron chi connectivity index (χ0n) is 9.58. The van der Waals surface area contributed by atoms with Gasteiger partial charge in [-0.05, 0) is 49.7 Å². The van der Waals surface area contributed by atoms with E-state index in [1.165, 1.54) is 11.3 Å². The zero-order valence-corrected chi connectivity index (χ0v) is 11.2. The van der Waals surface area contributed by atoms with Crippen LogP contribution in [0.5, 0.6) is 0 Å². The summed E-state index contributed by atoms with van der Waals surface area (Å²) >= 11 is 7.35. The molecule has 0 aliphatic carbocycles. The highest BCUT2D eigenvalue weighted by Gasteiger charge is 2.09. The average molecular weight is 266 g/mol. The summed E-state index contributed by atoms with van der Waals surface area (Å²) in [5.41, 5.74) is 1.75. The number of aryl methyl sites for hydroxylation is 2. The number of hydrogen-bond donors (Lipinski definition) is 1. The SMILES string of the molecule is Cc1ccc(C(=O)Nc2ccc(Cl)cc2C)s1. The highest BCUT2D eigenvalue weighted by Crippen LogP contribution is 2.22. The first-order valence-electron chi connectivity index (χ1n) is 5.20. The van der Waals surface area contributed by atoms with Crippen molar-refractivity contribution in [2.24, 2.45) is 0 Å². The van der Waals surface area contributed by atoms with Crippen molar-refractivity contribution in [3.8, 4) is 0 Å². The lowest BCUT2D eigenvalue weighted by molar-refractivity contribution is 0.103. The number of nitrogens with one attached hydrogen (secondary N) is 1. The Labute approximate surface area is 109 Å². The lowest BCUT2D eigenvalue weighted by Crippen LogP contribution is -2.10. The number of carbonyl (C=O) groups excluding carboxylic acids is 1. The molecule has 0 fully saturated rings. The molecule has 0 aliphatic rings. The number of hydrogen-bond acceptors (Lipinski definition) is 2. The van der Waals surface area contributed by atoms with E-state index >= 15 is 0 Å². The molecular weight excluding hydrogens is 254 g/mol. The van der Waals surface area contributed by atoms with Crippen molar-refractivity contribution >= 4 is 34.5 Å². The molecule has 1 heterocycles. The zero-order chi connectivity index (χ0) is 12.4. The second kappa shape index (κ2) is 4.90. The molecule has 2 aromatic rings. The molecule has 0 saturated heterocycles. The van der Waals surface area contributed by atoms with Crippen molar-refractivity contribution < 1.29 is 4.79 Å². The van der Waals surface area contributed by atoms with Crippen molar-refractivity contribution in [2.75, 3.05) is 5.32 Å². The van der Waals surface area contributed by atoms with Crippen molar-refractivity contribution in [3.63, 3.8) is 0 Å². The van der Waals surface area contributed by atoms with Gasteiger partial charge in [0.25, 0.3) is 5.91 Å². The Morgan fingerprint density at radius 3 is 2.59 bits per heavy atom. The number of amides is 1. The van der Waals surface area contributed by atoms with Crippen molar-refractivity contribution in [1.82, 2.24) is 0 Å². The largest absolute Gasteiger partial charge is 0.321 e. The summed E-state index contributed by atoms with van der Waals surface area (Å²) in [6.45, 7) is 3.90. The molecule has 17 heavy (non-hydrogen) atoms. The fraction of sp³-hybridized carbons (Fsp3) is 0.154. The maximum atomic E-state index is 11.9. The van der Waals surface area contributed by atoms with Gasteiger partial charge in [0.05, 0.1) is 4.88 Å². The third kappa shape index (κ3) is 2.87. The third-order valence-electron chi connectivity index (χ3n) is 2.40. The first-order valence-corrected chi connectivity index (χ1v) is 6.39. The Bertz CT molecular complexity index is 562. The van der Waals surface area contributed by atoms with Gasteiger partial charge in [0, 0.05) is 15.6 Å². The van der Waals surface area contributed by atoms with Crippen LogP contribution in [-0.2, 0) is 0 Å². The molecule has 1 aromatic heterocycles. The van der Waals surface area contributed by atoms with Crippen LogP contribution >= 0.6 is 22.9 Å². The summed E-state index contributed by atoms with van der Waals surface area (Å²) < 4.78 is 0. The van der Waals surface area contributed by atoms with Crippen molar-refractivity contribution in [2.45, 2.75) is 13.8 Å². The molecule has 0 saturated carbocycles. The smallest absolute Gasteiger partial charge is 0.265 e. The van der Waals surface area contributed by atoms with Gasteiger partial charge >= 0.3 is 0 Å². The van der Waals surface area contributed by atoms with E-state index in [-0.39, 0.29) is 5.91 Å². The Balaban J connectivity index is 2.18. The van der Waals surface area contributed by atoms with Crippen LogP contribution in [0.3, 0.4) is 0 Å². The molecule has 1 amide bonds. The van der Waals surface area contributed by atoms with Crippen LogP contribution < -0.4 is 5.32 Å². The quantitative estimate of drug-likeness (QED) is 0.863. The van der Waals surface area contributed by atoms with E-state index in [0.29, 0.717) is 5.02 Å². The fourth-order valence-electron chi connectivity index (χ4n) is 1.51. The summed E-state index contributed by atoms with van der Waals surface area (Å²) in [5, 5.41) is 3.55. The molecule has 0 radical (unpaired) electrons. The summed E-state index contributed by atoms with van der Waals surface area (Å²) in [6.07, 6.45) is 0. The number of thiophene rings is 1. The van der Waals surface area contributed by atoms with Crippen LogP contribution in [0.2, 0.25) is 5.02 Å². The van der Waals surface area contributed by atoms with Crippen LogP contribution in [-0.4, -0.2) is 5.91 Å². The molecule has 1 N–H and O–H groups in total. The lowest BCUT2D eigenvalue weighted by atomic mass is 10.2. The first kappa shape index (κ1) is 12.1. The molecule has 0 aliphatic heterocycles. The number of rotatable bonds is 2. The van der Waals surface area contributed by atoms with Gasteiger partial charge in [0.2, 0.25) is 0 Å². The van der Waals surface area contributed by atoms with E-state index in [0.717, 1.165) is 21.0 Å². The molecule has 0 unspecified atom stereocenters. The van der Waals surface area contributed by atoms with E-state index in [1.807, 2.05) is 38.1 Å². The number of carbonyl (C=O) groups is 1. The summed E-state index contributed by atoms with van der Waals surface area (Å²) in [5.74, 6) is -0.0754. The van der Waals surface area contributed by atoms with Crippen LogP contribution in [0.25, 0.3) is 0 Å². The second-order valence-electron chi connectivity index (χ2n) is 3.82. The minimum atomic E-state index is -0.0754. The predicted molar refractivity (Wildman–Crippen MR) is 73.2 cm³/mol. The molecule has 0 atom stereocenters. The summed E-state index contributed by atoms with van der Waals surface area (Å²) in [6, 6.07) is 9.19. The van der Waals surface area contributed by atoms with E-state index in [2.05, 4.69) is 5.32 Å². The fourth-order valence-corrected chi connectivity index (χ4v) is 2.50.